The minimum Gasteiger partial charge on any atom is -0.454 e. The van der Waals surface area contributed by atoms with E-state index >= 15 is 0 Å². The number of ether oxygens (including phenoxy) is 1. The van der Waals surface area contributed by atoms with E-state index in [0.29, 0.717) is 11.3 Å². The van der Waals surface area contributed by atoms with E-state index in [1.54, 1.807) is 18.2 Å². The number of nitrogens with one attached hydrogen (secondary N) is 1. The predicted molar refractivity (Wildman–Crippen MR) is 136 cm³/mol. The average molecular weight is 509 g/mol. The van der Waals surface area contributed by atoms with Gasteiger partial charge in [-0.15, -0.1) is 0 Å². The van der Waals surface area contributed by atoms with Crippen LogP contribution in [0, 0.1) is 11.8 Å². The molecule has 190 valence electrons. The van der Waals surface area contributed by atoms with Crippen LogP contribution < -0.4 is 5.32 Å². The van der Waals surface area contributed by atoms with E-state index < -0.39 is 36.9 Å². The SMILES string of the molecule is CC(=O)c1cccc(NC(=O)COC(=O)CN2C(=O)[C@@H]3C4c5ccccc5C(c5ccccc54)[C@@H]3C2=O)c1. The Bertz CT molecular complexity index is 1410. The Morgan fingerprint density at radius 3 is 1.82 bits per heavy atom. The number of imide groups is 1. The second-order valence-corrected chi connectivity index (χ2v) is 9.87. The Hall–Kier alpha value is -4.59. The highest BCUT2D eigenvalue weighted by Crippen LogP contribution is 2.60. The van der Waals surface area contributed by atoms with E-state index in [0.717, 1.165) is 27.2 Å². The summed E-state index contributed by atoms with van der Waals surface area (Å²) in [5.41, 5.74) is 5.03. The first-order chi connectivity index (χ1) is 18.3. The van der Waals surface area contributed by atoms with E-state index in [2.05, 4.69) is 5.32 Å². The standard InChI is InChI=1S/C30H24N2O6/c1-16(33)17-7-6-8-18(13-17)31-23(34)15-38-24(35)14-32-29(36)27-25-19-9-2-3-10-20(19)26(28(27)30(32)37)22-12-5-4-11-21(22)25/h2-13,25-28H,14-15H2,1H3,(H,31,34)/t25?,26?,27-,28+. The summed E-state index contributed by atoms with van der Waals surface area (Å²) in [6, 6.07) is 22.2. The van der Waals surface area contributed by atoms with Crippen molar-refractivity contribution in [3.05, 3.63) is 101 Å². The van der Waals surface area contributed by atoms with E-state index in [4.69, 9.17) is 4.74 Å². The van der Waals surface area contributed by atoms with Crippen molar-refractivity contribution in [3.63, 3.8) is 0 Å². The molecule has 3 aliphatic carbocycles. The van der Waals surface area contributed by atoms with Crippen LogP contribution in [0.25, 0.3) is 0 Å². The van der Waals surface area contributed by atoms with Gasteiger partial charge in [0.15, 0.2) is 12.4 Å². The molecule has 3 amide bonds. The summed E-state index contributed by atoms with van der Waals surface area (Å²) in [7, 11) is 0. The zero-order chi connectivity index (χ0) is 26.6. The summed E-state index contributed by atoms with van der Waals surface area (Å²) >= 11 is 0. The van der Waals surface area contributed by atoms with Crippen molar-refractivity contribution in [1.29, 1.82) is 0 Å². The highest BCUT2D eigenvalue weighted by molar-refractivity contribution is 6.09. The number of Topliss-reactive ketones (excluding diaryl/α,β-unsaturated/α-hetero) is 1. The first-order valence-corrected chi connectivity index (χ1v) is 12.4. The number of carbonyl (C=O) groups is 5. The molecule has 1 saturated heterocycles. The molecule has 1 heterocycles. The molecule has 1 N–H and O–H groups in total. The summed E-state index contributed by atoms with van der Waals surface area (Å²) in [6.45, 7) is 0.279. The normalized spacial score (nSPS) is 22.4. The largest absolute Gasteiger partial charge is 0.454 e. The van der Waals surface area contributed by atoms with Gasteiger partial charge < -0.3 is 10.1 Å². The van der Waals surface area contributed by atoms with E-state index in [1.807, 2.05) is 48.5 Å². The van der Waals surface area contributed by atoms with E-state index in [9.17, 15) is 24.0 Å². The van der Waals surface area contributed by atoms with Crippen LogP contribution in [0.5, 0.6) is 0 Å². The fourth-order valence-corrected chi connectivity index (χ4v) is 6.23. The Balaban J connectivity index is 1.16. The van der Waals surface area contributed by atoms with Crippen molar-refractivity contribution in [2.24, 2.45) is 11.8 Å². The van der Waals surface area contributed by atoms with E-state index in [1.165, 1.54) is 13.0 Å². The quantitative estimate of drug-likeness (QED) is 0.311. The molecule has 8 heteroatoms. The molecule has 0 aromatic heterocycles. The van der Waals surface area contributed by atoms with Gasteiger partial charge in [0.1, 0.15) is 6.54 Å². The number of ketones is 1. The number of nitrogens with zero attached hydrogens (tertiary/aromatic N) is 1. The van der Waals surface area contributed by atoms with Crippen LogP contribution in [0.2, 0.25) is 0 Å². The molecule has 8 nitrogen and oxygen atoms in total. The molecule has 7 rings (SSSR count). The Morgan fingerprint density at radius 1 is 0.789 bits per heavy atom. The summed E-state index contributed by atoms with van der Waals surface area (Å²) < 4.78 is 5.09. The number of anilines is 1. The molecule has 38 heavy (non-hydrogen) atoms. The van der Waals surface area contributed by atoms with Gasteiger partial charge in [0.25, 0.3) is 5.91 Å². The van der Waals surface area contributed by atoms with Crippen molar-refractivity contribution < 1.29 is 28.7 Å². The van der Waals surface area contributed by atoms with Gasteiger partial charge in [-0.05, 0) is 41.3 Å². The van der Waals surface area contributed by atoms with Crippen molar-refractivity contribution >= 4 is 35.2 Å². The van der Waals surface area contributed by atoms with E-state index in [-0.39, 0.29) is 29.4 Å². The minimum absolute atomic E-state index is 0.146. The Kier molecular flexibility index (Phi) is 5.67. The van der Waals surface area contributed by atoms with Crippen LogP contribution in [0.4, 0.5) is 5.69 Å². The van der Waals surface area contributed by atoms with Gasteiger partial charge in [0, 0.05) is 23.1 Å². The smallest absolute Gasteiger partial charge is 0.326 e. The number of likely N-dealkylation sites (tertiary alicyclic amines) is 1. The monoisotopic (exact) mass is 508 g/mol. The highest BCUT2D eigenvalue weighted by atomic mass is 16.5. The summed E-state index contributed by atoms with van der Waals surface area (Å²) in [6.07, 6.45) is 0. The van der Waals surface area contributed by atoms with Crippen LogP contribution in [-0.2, 0) is 23.9 Å². The van der Waals surface area contributed by atoms with Gasteiger partial charge in [0.05, 0.1) is 11.8 Å². The zero-order valence-corrected chi connectivity index (χ0v) is 20.5. The maximum absolute atomic E-state index is 13.6. The molecule has 1 aliphatic heterocycles. The first-order valence-electron chi connectivity index (χ1n) is 12.4. The average Bonchev–Trinajstić information content (AvgIpc) is 3.17. The highest BCUT2D eigenvalue weighted by Gasteiger charge is 2.61. The zero-order valence-electron chi connectivity index (χ0n) is 20.5. The molecular formula is C30H24N2O6. The third-order valence-electron chi connectivity index (χ3n) is 7.74. The number of hydrogen-bond acceptors (Lipinski definition) is 6. The number of benzene rings is 3. The predicted octanol–water partition coefficient (Wildman–Crippen LogP) is 3.26. The van der Waals surface area contributed by atoms with Crippen molar-refractivity contribution in [2.45, 2.75) is 18.8 Å². The number of rotatable bonds is 6. The number of esters is 1. The van der Waals surface area contributed by atoms with Crippen LogP contribution in [0.3, 0.4) is 0 Å². The van der Waals surface area contributed by atoms with Crippen molar-refractivity contribution in [3.8, 4) is 0 Å². The van der Waals surface area contributed by atoms with Crippen molar-refractivity contribution in [2.75, 3.05) is 18.5 Å². The second kappa shape index (κ2) is 9.06. The van der Waals surface area contributed by atoms with Gasteiger partial charge >= 0.3 is 5.97 Å². The van der Waals surface area contributed by atoms with Crippen LogP contribution in [0.1, 0.15) is 51.4 Å². The lowest BCUT2D eigenvalue weighted by Crippen LogP contribution is -2.41. The molecule has 0 saturated carbocycles. The van der Waals surface area contributed by atoms with Crippen LogP contribution in [-0.4, -0.2) is 47.5 Å². The second-order valence-electron chi connectivity index (χ2n) is 9.87. The minimum atomic E-state index is -0.847. The molecule has 0 radical (unpaired) electrons. The van der Waals surface area contributed by atoms with Gasteiger partial charge in [-0.2, -0.15) is 0 Å². The molecule has 4 aliphatic rings. The topological polar surface area (TPSA) is 110 Å². The molecule has 0 spiro atoms. The Labute approximate surface area is 218 Å². The number of amides is 3. The maximum Gasteiger partial charge on any atom is 0.326 e. The lowest BCUT2D eigenvalue weighted by atomic mass is 9.55. The fourth-order valence-electron chi connectivity index (χ4n) is 6.23. The number of hydrogen-bond donors (Lipinski definition) is 1. The maximum atomic E-state index is 13.6. The summed E-state index contributed by atoms with van der Waals surface area (Å²) in [5, 5.41) is 2.57. The van der Waals surface area contributed by atoms with Gasteiger partial charge in [-0.3, -0.25) is 28.9 Å². The third kappa shape index (κ3) is 3.72. The van der Waals surface area contributed by atoms with Gasteiger partial charge in [-0.1, -0.05) is 60.7 Å². The van der Waals surface area contributed by atoms with Gasteiger partial charge in [-0.25, -0.2) is 0 Å². The van der Waals surface area contributed by atoms with Crippen molar-refractivity contribution in [1.82, 2.24) is 4.90 Å². The molecule has 1 fully saturated rings. The first kappa shape index (κ1) is 23.8. The Morgan fingerprint density at radius 2 is 1.32 bits per heavy atom. The molecule has 0 unspecified atom stereocenters. The molecule has 3 aromatic carbocycles. The molecule has 2 atom stereocenters. The number of carbonyl (C=O) groups excluding carboxylic acids is 5. The molecule has 3 aromatic rings. The fraction of sp³-hybridized carbons (Fsp3) is 0.233. The lowest BCUT2D eigenvalue weighted by Gasteiger charge is -2.45. The lowest BCUT2D eigenvalue weighted by molar-refractivity contribution is -0.154. The third-order valence-corrected chi connectivity index (χ3v) is 7.74. The van der Waals surface area contributed by atoms with Crippen LogP contribution >= 0.6 is 0 Å². The molecular weight excluding hydrogens is 484 g/mol. The summed E-state index contributed by atoms with van der Waals surface area (Å²) in [4.78, 5) is 64.5. The summed E-state index contributed by atoms with van der Waals surface area (Å²) in [5.74, 6) is -4.05. The van der Waals surface area contributed by atoms with Crippen LogP contribution in [0.15, 0.2) is 72.8 Å². The van der Waals surface area contributed by atoms with Gasteiger partial charge in [0.2, 0.25) is 11.8 Å². The molecule has 2 bridgehead atoms.